The van der Waals surface area contributed by atoms with Gasteiger partial charge >= 0.3 is 5.97 Å². The van der Waals surface area contributed by atoms with Crippen molar-refractivity contribution in [3.05, 3.63) is 88.0 Å². The van der Waals surface area contributed by atoms with Gasteiger partial charge in [-0.05, 0) is 43.3 Å². The van der Waals surface area contributed by atoms with Gasteiger partial charge in [-0.15, -0.1) is 11.3 Å². The van der Waals surface area contributed by atoms with Crippen LogP contribution in [0.5, 0.6) is 0 Å². The maximum Gasteiger partial charge on any atom is 0.339 e. The highest BCUT2D eigenvalue weighted by Gasteiger charge is 2.22. The molecule has 0 aliphatic heterocycles. The number of anilines is 1. The largest absolute Gasteiger partial charge is 0.478 e. The summed E-state index contributed by atoms with van der Waals surface area (Å²) in [7, 11) is 0. The van der Waals surface area contributed by atoms with E-state index in [1.54, 1.807) is 52.8 Å². The van der Waals surface area contributed by atoms with Crippen LogP contribution in [0, 0.1) is 6.92 Å². The van der Waals surface area contributed by atoms with Crippen LogP contribution in [0.2, 0.25) is 5.02 Å². The van der Waals surface area contributed by atoms with Crippen LogP contribution < -0.4 is 5.32 Å². The number of aromatic carboxylic acids is 1. The van der Waals surface area contributed by atoms with Crippen LogP contribution in [0.15, 0.2) is 66.3 Å². The Morgan fingerprint density at radius 2 is 1.93 bits per heavy atom. The average molecular weight is 438 g/mol. The van der Waals surface area contributed by atoms with E-state index in [-0.39, 0.29) is 17.2 Å². The van der Waals surface area contributed by atoms with E-state index in [4.69, 9.17) is 11.6 Å². The number of carbonyl (C=O) groups is 2. The molecule has 0 fully saturated rings. The van der Waals surface area contributed by atoms with Gasteiger partial charge in [0.25, 0.3) is 5.91 Å². The first-order valence-corrected chi connectivity index (χ1v) is 10.2. The number of amides is 1. The number of carboxylic acid groups (broad SMARTS) is 1. The molecular formula is C22H16ClN3O3S. The highest BCUT2D eigenvalue weighted by Crippen LogP contribution is 2.36. The maximum atomic E-state index is 12.6. The van der Waals surface area contributed by atoms with Crippen molar-refractivity contribution in [3.63, 3.8) is 0 Å². The molecule has 0 saturated carbocycles. The maximum absolute atomic E-state index is 12.6. The van der Waals surface area contributed by atoms with Crippen molar-refractivity contribution in [1.82, 2.24) is 9.78 Å². The van der Waals surface area contributed by atoms with E-state index in [0.29, 0.717) is 21.0 Å². The lowest BCUT2D eigenvalue weighted by Gasteiger charge is -2.06. The Bertz CT molecular complexity index is 1240. The number of hydrogen-bond donors (Lipinski definition) is 2. The van der Waals surface area contributed by atoms with E-state index < -0.39 is 5.97 Å². The highest BCUT2D eigenvalue weighted by atomic mass is 35.5. The first kappa shape index (κ1) is 19.9. The minimum atomic E-state index is -1.12. The van der Waals surface area contributed by atoms with Crippen molar-refractivity contribution < 1.29 is 14.7 Å². The molecule has 2 aromatic carbocycles. The summed E-state index contributed by atoms with van der Waals surface area (Å²) in [6.07, 6.45) is 3.34. The molecule has 4 aromatic rings. The highest BCUT2D eigenvalue weighted by molar-refractivity contribution is 7.14. The molecule has 0 unspecified atom stereocenters. The van der Waals surface area contributed by atoms with Crippen molar-refractivity contribution >= 4 is 40.5 Å². The van der Waals surface area contributed by atoms with Crippen LogP contribution in [-0.2, 0) is 0 Å². The zero-order chi connectivity index (χ0) is 21.3. The number of rotatable bonds is 5. The van der Waals surface area contributed by atoms with Gasteiger partial charge in [0.15, 0.2) is 0 Å². The molecule has 2 aromatic heterocycles. The second kappa shape index (κ2) is 8.14. The summed E-state index contributed by atoms with van der Waals surface area (Å²) in [5.74, 6) is -1.48. The molecule has 0 radical (unpaired) electrons. The number of carbonyl (C=O) groups excluding carboxylic acids is 1. The Kier molecular flexibility index (Phi) is 5.39. The van der Waals surface area contributed by atoms with Crippen LogP contribution >= 0.6 is 22.9 Å². The fourth-order valence-electron chi connectivity index (χ4n) is 3.03. The monoisotopic (exact) mass is 437 g/mol. The van der Waals surface area contributed by atoms with Crippen LogP contribution in [-0.4, -0.2) is 26.8 Å². The molecule has 0 aliphatic carbocycles. The molecule has 0 saturated heterocycles. The van der Waals surface area contributed by atoms with Crippen LogP contribution in [0.1, 0.15) is 26.3 Å². The van der Waals surface area contributed by atoms with Crippen molar-refractivity contribution in [2.24, 2.45) is 0 Å². The number of aromatic nitrogens is 2. The molecule has 2 heterocycles. The Morgan fingerprint density at radius 1 is 1.17 bits per heavy atom. The van der Waals surface area contributed by atoms with Gasteiger partial charge in [0.1, 0.15) is 5.56 Å². The molecule has 1 amide bonds. The second-order valence-electron chi connectivity index (χ2n) is 6.63. The number of carboxylic acids is 1. The Balaban J connectivity index is 1.66. The summed E-state index contributed by atoms with van der Waals surface area (Å²) in [5.41, 5.74) is 3.15. The zero-order valence-electron chi connectivity index (χ0n) is 15.8. The van der Waals surface area contributed by atoms with E-state index in [0.717, 1.165) is 11.3 Å². The van der Waals surface area contributed by atoms with E-state index in [1.807, 2.05) is 25.1 Å². The molecule has 6 nitrogen and oxygen atoms in total. The Morgan fingerprint density at radius 3 is 2.63 bits per heavy atom. The molecule has 0 bridgehead atoms. The van der Waals surface area contributed by atoms with Crippen LogP contribution in [0.4, 0.5) is 5.69 Å². The van der Waals surface area contributed by atoms with E-state index >= 15 is 0 Å². The molecule has 30 heavy (non-hydrogen) atoms. The molecule has 0 spiro atoms. The summed E-state index contributed by atoms with van der Waals surface area (Å²) in [4.78, 5) is 25.1. The third-order valence-electron chi connectivity index (χ3n) is 4.47. The molecule has 4 rings (SSSR count). The normalized spacial score (nSPS) is 10.7. The van der Waals surface area contributed by atoms with Gasteiger partial charge in [0.2, 0.25) is 0 Å². The fraction of sp³-hybridized carbons (Fsp3) is 0.0455. The first-order chi connectivity index (χ1) is 14.4. The van der Waals surface area contributed by atoms with Gasteiger partial charge in [0, 0.05) is 27.7 Å². The minimum absolute atomic E-state index is 0.0386. The number of nitrogens with one attached hydrogen (secondary N) is 1. The number of halogens is 1. The number of aryl methyl sites for hydroxylation is 1. The SMILES string of the molecule is Cc1cccc(C(=O)Nc2csc(-c3cnn(-c4ccc(Cl)cc4)c3)c2C(=O)O)c1. The minimum Gasteiger partial charge on any atom is -0.478 e. The molecule has 2 N–H and O–H groups in total. The number of benzene rings is 2. The Labute approximate surface area is 181 Å². The van der Waals surface area contributed by atoms with Crippen molar-refractivity contribution in [2.45, 2.75) is 6.92 Å². The third kappa shape index (κ3) is 3.98. The fourth-order valence-corrected chi connectivity index (χ4v) is 4.13. The summed E-state index contributed by atoms with van der Waals surface area (Å²) in [6, 6.07) is 14.3. The zero-order valence-corrected chi connectivity index (χ0v) is 17.4. The topological polar surface area (TPSA) is 84.2 Å². The van der Waals surface area contributed by atoms with E-state index in [1.165, 1.54) is 11.3 Å². The van der Waals surface area contributed by atoms with Gasteiger partial charge in [-0.3, -0.25) is 4.79 Å². The van der Waals surface area contributed by atoms with Crippen molar-refractivity contribution in [3.8, 4) is 16.1 Å². The standard InChI is InChI=1S/C22H16ClN3O3S/c1-13-3-2-4-14(9-13)21(27)25-18-12-30-20(19(18)22(28)29)15-10-24-26(11-15)17-7-5-16(23)6-8-17/h2-12H,1H3,(H,25,27)(H,28,29). The van der Waals surface area contributed by atoms with Crippen LogP contribution in [0.25, 0.3) is 16.1 Å². The summed E-state index contributed by atoms with van der Waals surface area (Å²) in [6.45, 7) is 1.89. The van der Waals surface area contributed by atoms with Crippen molar-refractivity contribution in [1.29, 1.82) is 0 Å². The summed E-state index contributed by atoms with van der Waals surface area (Å²) < 4.78 is 1.64. The lowest BCUT2D eigenvalue weighted by atomic mass is 10.1. The molecule has 150 valence electrons. The van der Waals surface area contributed by atoms with E-state index in [2.05, 4.69) is 10.4 Å². The third-order valence-corrected chi connectivity index (χ3v) is 5.75. The number of thiophene rings is 1. The summed E-state index contributed by atoms with van der Waals surface area (Å²) >= 11 is 7.16. The quantitative estimate of drug-likeness (QED) is 0.431. The van der Waals surface area contributed by atoms with Gasteiger partial charge < -0.3 is 10.4 Å². The second-order valence-corrected chi connectivity index (χ2v) is 7.95. The summed E-state index contributed by atoms with van der Waals surface area (Å²) in [5, 5.41) is 19.1. The molecular weight excluding hydrogens is 422 g/mol. The van der Waals surface area contributed by atoms with E-state index in [9.17, 15) is 14.7 Å². The predicted octanol–water partition coefficient (Wildman–Crippen LogP) is 5.51. The van der Waals surface area contributed by atoms with Crippen molar-refractivity contribution in [2.75, 3.05) is 5.32 Å². The van der Waals surface area contributed by atoms with Crippen LogP contribution in [0.3, 0.4) is 0 Å². The lowest BCUT2D eigenvalue weighted by Crippen LogP contribution is -2.14. The van der Waals surface area contributed by atoms with Gasteiger partial charge in [-0.1, -0.05) is 29.3 Å². The first-order valence-electron chi connectivity index (χ1n) is 8.96. The predicted molar refractivity (Wildman–Crippen MR) is 118 cm³/mol. The Hall–Kier alpha value is -3.42. The number of hydrogen-bond acceptors (Lipinski definition) is 4. The average Bonchev–Trinajstić information content (AvgIpc) is 3.35. The number of nitrogens with zero attached hydrogens (tertiary/aromatic N) is 2. The smallest absolute Gasteiger partial charge is 0.339 e. The molecule has 0 atom stereocenters. The lowest BCUT2D eigenvalue weighted by molar-refractivity contribution is 0.0699. The molecule has 0 aliphatic rings. The van der Waals surface area contributed by atoms with Gasteiger partial charge in [0.05, 0.1) is 22.4 Å². The van der Waals surface area contributed by atoms with Gasteiger partial charge in [-0.25, -0.2) is 9.48 Å². The molecule has 8 heteroatoms. The van der Waals surface area contributed by atoms with Gasteiger partial charge in [-0.2, -0.15) is 5.10 Å².